The summed E-state index contributed by atoms with van der Waals surface area (Å²) < 4.78 is 35.7. The van der Waals surface area contributed by atoms with Crippen LogP contribution in [0.2, 0.25) is 0 Å². The number of urea groups is 1. The van der Waals surface area contributed by atoms with E-state index in [1.54, 1.807) is 38.1 Å². The van der Waals surface area contributed by atoms with Crippen molar-refractivity contribution in [1.82, 2.24) is 0 Å². The molecule has 0 aromatic heterocycles. The standard InChI is InChI=1S/C23H24N2O5S/c1-15-5-7-18(8-6-15)24-23(26)25-19-13-16(2)22(17(3)14-19)30-31(27,28)21-11-9-20(29-4)10-12-21/h5-14H,1-4H3,(H2,24,25,26). The van der Waals surface area contributed by atoms with Gasteiger partial charge >= 0.3 is 16.1 Å². The quantitative estimate of drug-likeness (QED) is 0.524. The molecule has 0 aliphatic heterocycles. The molecule has 31 heavy (non-hydrogen) atoms. The summed E-state index contributed by atoms with van der Waals surface area (Å²) in [6.45, 7) is 5.40. The first-order chi connectivity index (χ1) is 14.7. The van der Waals surface area contributed by atoms with Crippen molar-refractivity contribution in [3.63, 3.8) is 0 Å². The molecule has 0 saturated heterocycles. The fourth-order valence-corrected chi connectivity index (χ4v) is 4.03. The van der Waals surface area contributed by atoms with Crippen LogP contribution in [0, 0.1) is 20.8 Å². The summed E-state index contributed by atoms with van der Waals surface area (Å²) >= 11 is 0. The van der Waals surface area contributed by atoms with Crippen molar-refractivity contribution in [3.8, 4) is 11.5 Å². The van der Waals surface area contributed by atoms with E-state index in [0.29, 0.717) is 28.3 Å². The molecule has 7 nitrogen and oxygen atoms in total. The average molecular weight is 441 g/mol. The minimum absolute atomic E-state index is 0.0202. The molecule has 3 rings (SSSR count). The molecule has 0 heterocycles. The number of methoxy groups -OCH3 is 1. The molecule has 0 spiro atoms. The first-order valence-corrected chi connectivity index (χ1v) is 10.9. The van der Waals surface area contributed by atoms with Gasteiger partial charge in [-0.25, -0.2) is 4.79 Å². The summed E-state index contributed by atoms with van der Waals surface area (Å²) in [5.41, 5.74) is 3.43. The molecule has 0 unspecified atom stereocenters. The van der Waals surface area contributed by atoms with Crippen LogP contribution in [-0.2, 0) is 10.1 Å². The van der Waals surface area contributed by atoms with Gasteiger partial charge in [0, 0.05) is 11.4 Å². The summed E-state index contributed by atoms with van der Waals surface area (Å²) in [4.78, 5) is 12.3. The molecule has 0 atom stereocenters. The van der Waals surface area contributed by atoms with Crippen LogP contribution in [0.15, 0.2) is 65.6 Å². The second-order valence-electron chi connectivity index (χ2n) is 7.10. The Morgan fingerprint density at radius 1 is 0.806 bits per heavy atom. The zero-order valence-corrected chi connectivity index (χ0v) is 18.5. The minimum Gasteiger partial charge on any atom is -0.497 e. The van der Waals surface area contributed by atoms with E-state index in [9.17, 15) is 13.2 Å². The van der Waals surface area contributed by atoms with Crippen molar-refractivity contribution in [1.29, 1.82) is 0 Å². The maximum Gasteiger partial charge on any atom is 0.339 e. The number of carbonyl (C=O) groups is 1. The maximum absolute atomic E-state index is 12.7. The Bertz CT molecular complexity index is 1160. The number of ether oxygens (including phenoxy) is 1. The number of hydrogen-bond donors (Lipinski definition) is 2. The SMILES string of the molecule is COc1ccc(S(=O)(=O)Oc2c(C)cc(NC(=O)Nc3ccc(C)cc3)cc2C)cc1. The predicted octanol–water partition coefficient (Wildman–Crippen LogP) is 5.03. The molecule has 8 heteroatoms. The van der Waals surface area contributed by atoms with E-state index < -0.39 is 16.1 Å². The number of rotatable bonds is 6. The first kappa shape index (κ1) is 22.2. The van der Waals surface area contributed by atoms with Crippen LogP contribution >= 0.6 is 0 Å². The molecule has 3 aromatic carbocycles. The molecule has 0 radical (unpaired) electrons. The van der Waals surface area contributed by atoms with Crippen molar-refractivity contribution in [2.75, 3.05) is 17.7 Å². The number of hydrogen-bond acceptors (Lipinski definition) is 5. The van der Waals surface area contributed by atoms with Crippen molar-refractivity contribution < 1.29 is 22.1 Å². The van der Waals surface area contributed by atoms with Gasteiger partial charge < -0.3 is 19.6 Å². The number of aryl methyl sites for hydroxylation is 3. The van der Waals surface area contributed by atoms with Crippen LogP contribution in [0.25, 0.3) is 0 Å². The fraction of sp³-hybridized carbons (Fsp3) is 0.174. The maximum atomic E-state index is 12.7. The van der Waals surface area contributed by atoms with Gasteiger partial charge in [0.15, 0.2) is 0 Å². The summed E-state index contributed by atoms with van der Waals surface area (Å²) in [7, 11) is -2.52. The molecule has 0 fully saturated rings. The Balaban J connectivity index is 1.74. The lowest BCUT2D eigenvalue weighted by Crippen LogP contribution is -2.19. The average Bonchev–Trinajstić information content (AvgIpc) is 2.72. The van der Waals surface area contributed by atoms with E-state index in [1.807, 2.05) is 31.2 Å². The van der Waals surface area contributed by atoms with Crippen LogP contribution < -0.4 is 19.6 Å². The third-order valence-corrected chi connectivity index (χ3v) is 5.80. The zero-order chi connectivity index (χ0) is 22.6. The van der Waals surface area contributed by atoms with Gasteiger partial charge in [-0.05, 0) is 80.4 Å². The topological polar surface area (TPSA) is 93.7 Å². The summed E-state index contributed by atoms with van der Waals surface area (Å²) in [6, 6.07) is 16.3. The van der Waals surface area contributed by atoms with Gasteiger partial charge in [-0.1, -0.05) is 17.7 Å². The molecular formula is C23H24N2O5S. The van der Waals surface area contributed by atoms with Crippen molar-refractivity contribution in [3.05, 3.63) is 77.4 Å². The van der Waals surface area contributed by atoms with Crippen LogP contribution in [0.1, 0.15) is 16.7 Å². The first-order valence-electron chi connectivity index (χ1n) is 9.52. The van der Waals surface area contributed by atoms with E-state index in [4.69, 9.17) is 8.92 Å². The molecule has 0 aliphatic rings. The number of anilines is 2. The lowest BCUT2D eigenvalue weighted by Gasteiger charge is -2.15. The Hall–Kier alpha value is -3.52. The highest BCUT2D eigenvalue weighted by Crippen LogP contribution is 2.30. The third kappa shape index (κ3) is 5.55. The van der Waals surface area contributed by atoms with E-state index in [2.05, 4.69) is 10.6 Å². The van der Waals surface area contributed by atoms with Gasteiger partial charge in [-0.15, -0.1) is 0 Å². The second-order valence-corrected chi connectivity index (χ2v) is 8.64. The van der Waals surface area contributed by atoms with Crippen LogP contribution in [0.4, 0.5) is 16.2 Å². The van der Waals surface area contributed by atoms with Crippen LogP contribution in [0.3, 0.4) is 0 Å². The number of benzene rings is 3. The zero-order valence-electron chi connectivity index (χ0n) is 17.7. The molecule has 0 aliphatic carbocycles. The lowest BCUT2D eigenvalue weighted by molar-refractivity contribution is 0.262. The van der Waals surface area contributed by atoms with E-state index in [-0.39, 0.29) is 10.6 Å². The summed E-state index contributed by atoms with van der Waals surface area (Å²) in [5.74, 6) is 0.769. The van der Waals surface area contributed by atoms with Gasteiger partial charge in [0.25, 0.3) is 0 Å². The summed E-state index contributed by atoms with van der Waals surface area (Å²) in [6.07, 6.45) is 0. The molecule has 2 N–H and O–H groups in total. The molecule has 2 amide bonds. The van der Waals surface area contributed by atoms with E-state index in [1.165, 1.54) is 19.2 Å². The molecule has 162 valence electrons. The smallest absolute Gasteiger partial charge is 0.339 e. The normalized spacial score (nSPS) is 11.0. The lowest BCUT2D eigenvalue weighted by atomic mass is 10.1. The monoisotopic (exact) mass is 440 g/mol. The molecule has 0 bridgehead atoms. The highest BCUT2D eigenvalue weighted by atomic mass is 32.2. The van der Waals surface area contributed by atoms with Gasteiger partial charge in [-0.3, -0.25) is 0 Å². The minimum atomic E-state index is -4.02. The van der Waals surface area contributed by atoms with Gasteiger partial charge in [0.1, 0.15) is 16.4 Å². The summed E-state index contributed by atoms with van der Waals surface area (Å²) in [5, 5.41) is 5.50. The number of carbonyl (C=O) groups excluding carboxylic acids is 1. The highest BCUT2D eigenvalue weighted by molar-refractivity contribution is 7.87. The van der Waals surface area contributed by atoms with Gasteiger partial charge in [0.2, 0.25) is 0 Å². The van der Waals surface area contributed by atoms with Crippen molar-refractivity contribution in [2.24, 2.45) is 0 Å². The predicted molar refractivity (Wildman–Crippen MR) is 121 cm³/mol. The molecule has 3 aromatic rings. The van der Waals surface area contributed by atoms with Crippen molar-refractivity contribution in [2.45, 2.75) is 25.7 Å². The number of amides is 2. The molecular weight excluding hydrogens is 416 g/mol. The number of nitrogens with one attached hydrogen (secondary N) is 2. The Morgan fingerprint density at radius 2 is 1.35 bits per heavy atom. The fourth-order valence-electron chi connectivity index (χ4n) is 2.98. The van der Waals surface area contributed by atoms with Crippen LogP contribution in [0.5, 0.6) is 11.5 Å². The van der Waals surface area contributed by atoms with E-state index in [0.717, 1.165) is 5.56 Å². The van der Waals surface area contributed by atoms with Gasteiger partial charge in [0.05, 0.1) is 7.11 Å². The molecule has 0 saturated carbocycles. The third-order valence-electron chi connectivity index (χ3n) is 4.57. The second kappa shape index (κ2) is 9.09. The highest BCUT2D eigenvalue weighted by Gasteiger charge is 2.20. The van der Waals surface area contributed by atoms with Crippen LogP contribution in [-0.4, -0.2) is 21.6 Å². The Morgan fingerprint density at radius 3 is 1.90 bits per heavy atom. The Kier molecular flexibility index (Phi) is 6.50. The van der Waals surface area contributed by atoms with Crippen molar-refractivity contribution >= 4 is 27.5 Å². The van der Waals surface area contributed by atoms with E-state index >= 15 is 0 Å². The van der Waals surface area contributed by atoms with Gasteiger partial charge in [-0.2, -0.15) is 8.42 Å². The Labute approximate surface area is 182 Å². The largest absolute Gasteiger partial charge is 0.497 e.